The highest BCUT2D eigenvalue weighted by Gasteiger charge is 2.12. The van der Waals surface area contributed by atoms with E-state index in [-0.39, 0.29) is 10.6 Å². The highest BCUT2D eigenvalue weighted by atomic mass is 35.5. The smallest absolute Gasteiger partial charge is 0.269 e. The van der Waals surface area contributed by atoms with E-state index in [0.717, 1.165) is 5.56 Å². The summed E-state index contributed by atoms with van der Waals surface area (Å²) in [7, 11) is 0. The van der Waals surface area contributed by atoms with Gasteiger partial charge < -0.3 is 5.32 Å². The normalized spacial score (nSPS) is 10.2. The van der Waals surface area contributed by atoms with Crippen LogP contribution >= 0.6 is 23.2 Å². The second kappa shape index (κ2) is 9.43. The van der Waals surface area contributed by atoms with E-state index in [9.17, 15) is 14.4 Å². The molecular formula is C22H17Cl2N3O3. The lowest BCUT2D eigenvalue weighted by Gasteiger charge is -2.10. The van der Waals surface area contributed by atoms with Gasteiger partial charge in [0, 0.05) is 21.8 Å². The van der Waals surface area contributed by atoms with E-state index in [0.29, 0.717) is 21.8 Å². The summed E-state index contributed by atoms with van der Waals surface area (Å²) in [4.78, 5) is 36.7. The van der Waals surface area contributed by atoms with Gasteiger partial charge in [0.25, 0.3) is 17.7 Å². The number of carbonyl (C=O) groups excluding carboxylic acids is 3. The Labute approximate surface area is 183 Å². The standard InChI is InChI=1S/C22H17Cl2N3O3/c1-13-3-2-4-15(11-13)21(29)27-26-20(28)14-5-8-17(9-6-14)25-22(30)18-10-7-16(23)12-19(18)24/h2-12H,1H3,(H,25,30)(H,26,28)(H,27,29). The number of hydrogen-bond acceptors (Lipinski definition) is 3. The summed E-state index contributed by atoms with van der Waals surface area (Å²) in [5.41, 5.74) is 7.17. The van der Waals surface area contributed by atoms with E-state index in [1.807, 2.05) is 13.0 Å². The second-order valence-corrected chi connectivity index (χ2v) is 7.28. The summed E-state index contributed by atoms with van der Waals surface area (Å²) in [6.07, 6.45) is 0. The van der Waals surface area contributed by atoms with E-state index in [2.05, 4.69) is 16.2 Å². The lowest BCUT2D eigenvalue weighted by atomic mass is 10.1. The Balaban J connectivity index is 1.58. The van der Waals surface area contributed by atoms with Crippen molar-refractivity contribution < 1.29 is 14.4 Å². The van der Waals surface area contributed by atoms with E-state index < -0.39 is 17.7 Å². The third-order valence-corrected chi connectivity index (χ3v) is 4.70. The number of anilines is 1. The molecule has 0 aliphatic rings. The van der Waals surface area contributed by atoms with Crippen molar-refractivity contribution in [3.05, 3.63) is 99.0 Å². The molecule has 8 heteroatoms. The fourth-order valence-electron chi connectivity index (χ4n) is 2.62. The Bertz CT molecular complexity index is 1110. The summed E-state index contributed by atoms with van der Waals surface area (Å²) in [5, 5.41) is 3.36. The number of aryl methyl sites for hydroxylation is 1. The van der Waals surface area contributed by atoms with Gasteiger partial charge in [-0.15, -0.1) is 0 Å². The van der Waals surface area contributed by atoms with Crippen LogP contribution in [0.25, 0.3) is 0 Å². The van der Waals surface area contributed by atoms with Gasteiger partial charge in [0.1, 0.15) is 0 Å². The minimum atomic E-state index is -0.491. The number of benzene rings is 3. The van der Waals surface area contributed by atoms with Crippen LogP contribution in [0.5, 0.6) is 0 Å². The first-order valence-electron chi connectivity index (χ1n) is 8.87. The largest absolute Gasteiger partial charge is 0.322 e. The summed E-state index contributed by atoms with van der Waals surface area (Å²) in [6.45, 7) is 1.87. The van der Waals surface area contributed by atoms with Gasteiger partial charge >= 0.3 is 0 Å². The fourth-order valence-corrected chi connectivity index (χ4v) is 3.12. The zero-order valence-electron chi connectivity index (χ0n) is 15.8. The van der Waals surface area contributed by atoms with Crippen LogP contribution in [0.15, 0.2) is 66.7 Å². The Hall–Kier alpha value is -3.35. The fraction of sp³-hybridized carbons (Fsp3) is 0.0455. The maximum absolute atomic E-state index is 12.3. The van der Waals surface area contributed by atoms with Crippen molar-refractivity contribution in [1.82, 2.24) is 10.9 Å². The highest BCUT2D eigenvalue weighted by molar-refractivity contribution is 6.37. The molecule has 6 nitrogen and oxygen atoms in total. The summed E-state index contributed by atoms with van der Waals surface area (Å²) >= 11 is 11.9. The van der Waals surface area contributed by atoms with Gasteiger partial charge in [-0.1, -0.05) is 40.9 Å². The van der Waals surface area contributed by atoms with Crippen molar-refractivity contribution in [1.29, 1.82) is 0 Å². The molecule has 0 spiro atoms. The quantitative estimate of drug-likeness (QED) is 0.515. The molecule has 0 radical (unpaired) electrons. The zero-order chi connectivity index (χ0) is 21.7. The molecule has 0 unspecified atom stereocenters. The van der Waals surface area contributed by atoms with Gasteiger partial charge in [-0.2, -0.15) is 0 Å². The lowest BCUT2D eigenvalue weighted by Crippen LogP contribution is -2.41. The van der Waals surface area contributed by atoms with E-state index in [1.54, 1.807) is 36.4 Å². The molecule has 0 bridgehead atoms. The molecule has 3 aromatic rings. The summed E-state index contributed by atoms with van der Waals surface area (Å²) in [5.74, 6) is -1.32. The highest BCUT2D eigenvalue weighted by Crippen LogP contribution is 2.22. The zero-order valence-corrected chi connectivity index (χ0v) is 17.3. The predicted octanol–water partition coefficient (Wildman–Crippen LogP) is 4.63. The third-order valence-electron chi connectivity index (χ3n) is 4.15. The molecular weight excluding hydrogens is 425 g/mol. The summed E-state index contributed by atoms with van der Waals surface area (Å²) < 4.78 is 0. The number of hydrogen-bond donors (Lipinski definition) is 3. The molecule has 0 saturated heterocycles. The van der Waals surface area contributed by atoms with Crippen LogP contribution in [-0.4, -0.2) is 17.7 Å². The van der Waals surface area contributed by atoms with Crippen LogP contribution in [0.4, 0.5) is 5.69 Å². The molecule has 30 heavy (non-hydrogen) atoms. The van der Waals surface area contributed by atoms with Crippen LogP contribution in [0.3, 0.4) is 0 Å². The van der Waals surface area contributed by atoms with Crippen molar-refractivity contribution in [3.8, 4) is 0 Å². The van der Waals surface area contributed by atoms with Crippen LogP contribution in [-0.2, 0) is 0 Å². The Morgan fingerprint density at radius 3 is 2.03 bits per heavy atom. The molecule has 3 N–H and O–H groups in total. The molecule has 0 atom stereocenters. The third kappa shape index (κ3) is 5.37. The van der Waals surface area contributed by atoms with E-state index in [4.69, 9.17) is 23.2 Å². The second-order valence-electron chi connectivity index (χ2n) is 6.43. The van der Waals surface area contributed by atoms with E-state index in [1.165, 1.54) is 24.3 Å². The van der Waals surface area contributed by atoms with Crippen LogP contribution in [0, 0.1) is 6.92 Å². The molecule has 0 aliphatic carbocycles. The number of hydrazine groups is 1. The Morgan fingerprint density at radius 1 is 0.733 bits per heavy atom. The average Bonchev–Trinajstić information content (AvgIpc) is 2.72. The van der Waals surface area contributed by atoms with Crippen molar-refractivity contribution in [2.75, 3.05) is 5.32 Å². The molecule has 0 fully saturated rings. The Morgan fingerprint density at radius 2 is 1.40 bits per heavy atom. The van der Waals surface area contributed by atoms with Gasteiger partial charge in [-0.3, -0.25) is 25.2 Å². The number of carbonyl (C=O) groups is 3. The summed E-state index contributed by atoms with van der Waals surface area (Å²) in [6, 6.07) is 17.8. The molecule has 3 rings (SSSR count). The number of halogens is 2. The number of nitrogens with one attached hydrogen (secondary N) is 3. The molecule has 0 aromatic heterocycles. The average molecular weight is 442 g/mol. The molecule has 152 valence electrons. The van der Waals surface area contributed by atoms with Crippen LogP contribution in [0.1, 0.15) is 36.6 Å². The Kier molecular flexibility index (Phi) is 6.72. The minimum Gasteiger partial charge on any atom is -0.322 e. The van der Waals surface area contributed by atoms with Crippen molar-refractivity contribution in [2.24, 2.45) is 0 Å². The first-order chi connectivity index (χ1) is 14.3. The molecule has 0 saturated carbocycles. The molecule has 0 heterocycles. The number of amides is 3. The van der Waals surface area contributed by atoms with Crippen molar-refractivity contribution in [3.63, 3.8) is 0 Å². The lowest BCUT2D eigenvalue weighted by molar-refractivity contribution is 0.0846. The minimum absolute atomic E-state index is 0.236. The predicted molar refractivity (Wildman–Crippen MR) is 117 cm³/mol. The van der Waals surface area contributed by atoms with E-state index >= 15 is 0 Å². The van der Waals surface area contributed by atoms with Crippen LogP contribution in [0.2, 0.25) is 10.0 Å². The first kappa shape index (κ1) is 21.4. The van der Waals surface area contributed by atoms with Gasteiger partial charge in [0.05, 0.1) is 10.6 Å². The monoisotopic (exact) mass is 441 g/mol. The molecule has 3 aromatic carbocycles. The maximum Gasteiger partial charge on any atom is 0.269 e. The molecule has 0 aliphatic heterocycles. The first-order valence-corrected chi connectivity index (χ1v) is 9.63. The maximum atomic E-state index is 12.3. The van der Waals surface area contributed by atoms with Crippen LogP contribution < -0.4 is 16.2 Å². The van der Waals surface area contributed by atoms with Crippen molar-refractivity contribution in [2.45, 2.75) is 6.92 Å². The van der Waals surface area contributed by atoms with Crippen molar-refractivity contribution >= 4 is 46.6 Å². The van der Waals surface area contributed by atoms with Gasteiger partial charge in [0.15, 0.2) is 0 Å². The SMILES string of the molecule is Cc1cccc(C(=O)NNC(=O)c2ccc(NC(=O)c3ccc(Cl)cc3Cl)cc2)c1. The number of rotatable bonds is 4. The topological polar surface area (TPSA) is 87.3 Å². The van der Waals surface area contributed by atoms with Gasteiger partial charge in [-0.25, -0.2) is 0 Å². The molecule has 3 amide bonds. The van der Waals surface area contributed by atoms with Gasteiger partial charge in [-0.05, 0) is 61.5 Å². The van der Waals surface area contributed by atoms with Gasteiger partial charge in [0.2, 0.25) is 0 Å².